The van der Waals surface area contributed by atoms with Crippen LogP contribution in [0.15, 0.2) is 47.3 Å². The molecule has 3 aromatic rings. The number of halogens is 1. The second kappa shape index (κ2) is 10.3. The van der Waals surface area contributed by atoms with Gasteiger partial charge in [-0.25, -0.2) is 9.37 Å². The monoisotopic (exact) mass is 411 g/mol. The summed E-state index contributed by atoms with van der Waals surface area (Å²) in [7, 11) is 0. The minimum Gasteiger partial charge on any atom is -0.490 e. The third-order valence-electron chi connectivity index (χ3n) is 5.22. The molecule has 0 spiro atoms. The van der Waals surface area contributed by atoms with Gasteiger partial charge in [0.1, 0.15) is 22.8 Å². The molecule has 3 rings (SSSR count). The highest BCUT2D eigenvalue weighted by atomic mass is 19.1. The fourth-order valence-electron chi connectivity index (χ4n) is 3.51. The second-order valence-electron chi connectivity index (χ2n) is 7.47. The van der Waals surface area contributed by atoms with E-state index in [-0.39, 0.29) is 11.5 Å². The molecule has 160 valence electrons. The van der Waals surface area contributed by atoms with Crippen LogP contribution in [0.5, 0.6) is 5.75 Å². The van der Waals surface area contributed by atoms with E-state index in [4.69, 9.17) is 4.74 Å². The molecule has 1 unspecified atom stereocenters. The zero-order valence-corrected chi connectivity index (χ0v) is 18.0. The fraction of sp³-hybridized carbons (Fsp3) is 0.417. The van der Waals surface area contributed by atoms with Gasteiger partial charge in [-0.1, -0.05) is 26.3 Å². The Morgan fingerprint density at radius 3 is 2.60 bits per heavy atom. The van der Waals surface area contributed by atoms with Crippen molar-refractivity contribution in [1.29, 1.82) is 0 Å². The Morgan fingerprint density at radius 2 is 1.90 bits per heavy atom. The van der Waals surface area contributed by atoms with Gasteiger partial charge in [-0.3, -0.25) is 9.36 Å². The van der Waals surface area contributed by atoms with Crippen LogP contribution in [0.2, 0.25) is 0 Å². The molecule has 0 saturated carbocycles. The standard InChI is InChI=1S/C24H30FN3O2/c1-4-6-15-26-16-14-19(5-2)30-20-12-10-18(11-13-20)28-17(3)27-22-9-7-8-21(25)23(22)24(28)29/h7-13,19,26H,4-6,14-16H2,1-3H3. The maximum atomic E-state index is 14.2. The summed E-state index contributed by atoms with van der Waals surface area (Å²) in [5.41, 5.74) is 0.595. The maximum absolute atomic E-state index is 14.2. The van der Waals surface area contributed by atoms with Gasteiger partial charge in [0.2, 0.25) is 0 Å². The zero-order valence-electron chi connectivity index (χ0n) is 18.0. The van der Waals surface area contributed by atoms with Crippen molar-refractivity contribution < 1.29 is 9.13 Å². The predicted octanol–water partition coefficient (Wildman–Crippen LogP) is 4.77. The number of unbranched alkanes of at least 4 members (excludes halogenated alkanes) is 1. The Morgan fingerprint density at radius 1 is 1.13 bits per heavy atom. The Hall–Kier alpha value is -2.73. The number of benzene rings is 2. The Balaban J connectivity index is 1.76. The van der Waals surface area contributed by atoms with E-state index in [0.717, 1.165) is 31.7 Å². The second-order valence-corrected chi connectivity index (χ2v) is 7.47. The molecule has 0 aliphatic rings. The zero-order chi connectivity index (χ0) is 21.5. The van der Waals surface area contributed by atoms with Crippen molar-refractivity contribution in [2.75, 3.05) is 13.1 Å². The molecule has 0 aliphatic heterocycles. The molecule has 0 bridgehead atoms. The van der Waals surface area contributed by atoms with Gasteiger partial charge in [0.25, 0.3) is 5.56 Å². The van der Waals surface area contributed by atoms with Crippen molar-refractivity contribution in [2.45, 2.75) is 52.6 Å². The molecule has 0 radical (unpaired) electrons. The smallest absolute Gasteiger partial charge is 0.268 e. The fourth-order valence-corrected chi connectivity index (χ4v) is 3.51. The van der Waals surface area contributed by atoms with Gasteiger partial charge in [-0.05, 0) is 75.7 Å². The van der Waals surface area contributed by atoms with Crippen molar-refractivity contribution in [3.63, 3.8) is 0 Å². The van der Waals surface area contributed by atoms with Crippen molar-refractivity contribution in [3.05, 3.63) is 64.5 Å². The number of nitrogens with zero attached hydrogens (tertiary/aromatic N) is 2. The number of ether oxygens (including phenoxy) is 1. The van der Waals surface area contributed by atoms with Crippen LogP contribution in [0.25, 0.3) is 16.6 Å². The first-order valence-electron chi connectivity index (χ1n) is 10.7. The normalized spacial score (nSPS) is 12.3. The lowest BCUT2D eigenvalue weighted by Crippen LogP contribution is -2.25. The molecular weight excluding hydrogens is 381 g/mol. The summed E-state index contributed by atoms with van der Waals surface area (Å²) in [6, 6.07) is 11.8. The minimum atomic E-state index is -0.558. The number of rotatable bonds is 10. The van der Waals surface area contributed by atoms with Crippen molar-refractivity contribution in [2.24, 2.45) is 0 Å². The molecular formula is C24H30FN3O2. The Labute approximate surface area is 176 Å². The van der Waals surface area contributed by atoms with Crippen LogP contribution in [0.3, 0.4) is 0 Å². The number of hydrogen-bond donors (Lipinski definition) is 1. The number of aryl methyl sites for hydroxylation is 1. The lowest BCUT2D eigenvalue weighted by Gasteiger charge is -2.18. The molecule has 1 aromatic heterocycles. The van der Waals surface area contributed by atoms with Gasteiger partial charge in [0, 0.05) is 0 Å². The number of hydrogen-bond acceptors (Lipinski definition) is 4. The third-order valence-corrected chi connectivity index (χ3v) is 5.22. The van der Waals surface area contributed by atoms with E-state index in [0.29, 0.717) is 17.0 Å². The molecule has 2 aromatic carbocycles. The van der Waals surface area contributed by atoms with Gasteiger partial charge in [0.05, 0.1) is 17.3 Å². The van der Waals surface area contributed by atoms with Crippen LogP contribution in [0.4, 0.5) is 4.39 Å². The summed E-state index contributed by atoms with van der Waals surface area (Å²) >= 11 is 0. The molecule has 0 amide bonds. The van der Waals surface area contributed by atoms with Crippen LogP contribution >= 0.6 is 0 Å². The van der Waals surface area contributed by atoms with Gasteiger partial charge >= 0.3 is 0 Å². The highest BCUT2D eigenvalue weighted by molar-refractivity contribution is 5.78. The van der Waals surface area contributed by atoms with E-state index < -0.39 is 11.4 Å². The Kier molecular flexibility index (Phi) is 7.57. The molecule has 1 atom stereocenters. The van der Waals surface area contributed by atoms with Gasteiger partial charge < -0.3 is 10.1 Å². The minimum absolute atomic E-state index is 0.00467. The summed E-state index contributed by atoms with van der Waals surface area (Å²) < 4.78 is 21.8. The largest absolute Gasteiger partial charge is 0.490 e. The number of fused-ring (bicyclic) bond motifs is 1. The van der Waals surface area contributed by atoms with Crippen molar-refractivity contribution in [1.82, 2.24) is 14.9 Å². The molecule has 5 nitrogen and oxygen atoms in total. The molecule has 0 fully saturated rings. The van der Waals surface area contributed by atoms with Crippen LogP contribution in [0, 0.1) is 12.7 Å². The SMILES string of the molecule is CCCCNCCC(CC)Oc1ccc(-n2c(C)nc3cccc(F)c3c2=O)cc1. The van der Waals surface area contributed by atoms with E-state index in [2.05, 4.69) is 24.1 Å². The third kappa shape index (κ3) is 5.05. The van der Waals surface area contributed by atoms with Gasteiger partial charge in [-0.2, -0.15) is 0 Å². The van der Waals surface area contributed by atoms with E-state index in [1.165, 1.54) is 23.5 Å². The number of aromatic nitrogens is 2. The van der Waals surface area contributed by atoms with Crippen molar-refractivity contribution >= 4 is 10.9 Å². The first-order chi connectivity index (χ1) is 14.5. The molecule has 1 N–H and O–H groups in total. The van der Waals surface area contributed by atoms with Crippen LogP contribution in [0.1, 0.15) is 45.4 Å². The van der Waals surface area contributed by atoms with Crippen LogP contribution in [-0.4, -0.2) is 28.7 Å². The quantitative estimate of drug-likeness (QED) is 0.488. The van der Waals surface area contributed by atoms with Gasteiger partial charge in [-0.15, -0.1) is 0 Å². The maximum Gasteiger partial charge on any atom is 0.268 e. The summed E-state index contributed by atoms with van der Waals surface area (Å²) in [5, 5.41) is 3.45. The van der Waals surface area contributed by atoms with E-state index in [1.807, 2.05) is 24.3 Å². The van der Waals surface area contributed by atoms with Crippen LogP contribution in [-0.2, 0) is 0 Å². The summed E-state index contributed by atoms with van der Waals surface area (Å²) in [5.74, 6) is 0.707. The summed E-state index contributed by atoms with van der Waals surface area (Å²) in [6.07, 6.45) is 4.37. The summed E-state index contributed by atoms with van der Waals surface area (Å²) in [6.45, 7) is 8.01. The number of nitrogens with one attached hydrogen (secondary N) is 1. The molecule has 0 saturated heterocycles. The first kappa shape index (κ1) is 22.0. The lowest BCUT2D eigenvalue weighted by atomic mass is 10.2. The molecule has 6 heteroatoms. The average Bonchev–Trinajstić information content (AvgIpc) is 2.73. The van der Waals surface area contributed by atoms with E-state index >= 15 is 0 Å². The van der Waals surface area contributed by atoms with Crippen molar-refractivity contribution in [3.8, 4) is 11.4 Å². The molecule has 0 aliphatic carbocycles. The van der Waals surface area contributed by atoms with E-state index in [9.17, 15) is 9.18 Å². The summed E-state index contributed by atoms with van der Waals surface area (Å²) in [4.78, 5) is 17.3. The molecule has 1 heterocycles. The predicted molar refractivity (Wildman–Crippen MR) is 119 cm³/mol. The Bertz CT molecular complexity index is 1030. The van der Waals surface area contributed by atoms with Crippen LogP contribution < -0.4 is 15.6 Å². The highest BCUT2D eigenvalue weighted by Crippen LogP contribution is 2.20. The molecule has 30 heavy (non-hydrogen) atoms. The first-order valence-corrected chi connectivity index (χ1v) is 10.7. The highest BCUT2D eigenvalue weighted by Gasteiger charge is 2.14. The topological polar surface area (TPSA) is 56.1 Å². The van der Waals surface area contributed by atoms with E-state index in [1.54, 1.807) is 19.1 Å². The lowest BCUT2D eigenvalue weighted by molar-refractivity contribution is 0.186. The van der Waals surface area contributed by atoms with Gasteiger partial charge in [0.15, 0.2) is 0 Å². The average molecular weight is 412 g/mol.